The summed E-state index contributed by atoms with van der Waals surface area (Å²) in [4.78, 5) is 5.80. The molecule has 2 N–H and O–H groups in total. The summed E-state index contributed by atoms with van der Waals surface area (Å²) >= 11 is 14.1. The number of aliphatic hydroxyl groups excluding tert-OH is 2. The van der Waals surface area contributed by atoms with Gasteiger partial charge in [-0.15, -0.1) is 11.6 Å². The van der Waals surface area contributed by atoms with Crippen LogP contribution in [0.4, 0.5) is 0 Å². The number of aromatic nitrogens is 1. The fourth-order valence-corrected chi connectivity index (χ4v) is 10.1. The average molecular weight is 544 g/mol. The molecule has 2 saturated heterocycles. The van der Waals surface area contributed by atoms with Crippen LogP contribution >= 0.6 is 23.2 Å². The Morgan fingerprint density at radius 3 is 2.65 bits per heavy atom. The Morgan fingerprint density at radius 2 is 1.86 bits per heavy atom. The van der Waals surface area contributed by atoms with Crippen LogP contribution < -0.4 is 0 Å². The fraction of sp³-hybridized carbons (Fsp3) is 0.633. The van der Waals surface area contributed by atoms with Crippen LogP contribution in [0.2, 0.25) is 5.15 Å². The Morgan fingerprint density at radius 1 is 1.05 bits per heavy atom. The minimum absolute atomic E-state index is 0.0626. The molecule has 1 aromatic heterocycles. The first-order valence-corrected chi connectivity index (χ1v) is 14.5. The largest absolute Gasteiger partial charge is 0.390 e. The molecule has 4 fully saturated rings. The maximum absolute atomic E-state index is 11.3. The lowest BCUT2D eigenvalue weighted by Crippen LogP contribution is -2.72. The number of alkyl halides is 1. The van der Waals surface area contributed by atoms with Crippen LogP contribution in [0.15, 0.2) is 36.5 Å². The zero-order valence-corrected chi connectivity index (χ0v) is 23.3. The first-order chi connectivity index (χ1) is 17.5. The van der Waals surface area contributed by atoms with Crippen molar-refractivity contribution in [1.29, 1.82) is 0 Å². The number of ether oxygens (including phenoxy) is 1. The maximum atomic E-state index is 11.3. The molecule has 3 aliphatic carbocycles. The molecule has 2 spiro atoms. The van der Waals surface area contributed by atoms with Gasteiger partial charge < -0.3 is 19.8 Å². The van der Waals surface area contributed by atoms with Crippen LogP contribution in [0.1, 0.15) is 57.4 Å². The van der Waals surface area contributed by atoms with Crippen molar-refractivity contribution in [3.8, 4) is 0 Å². The number of nitrogens with zero attached hydrogens (tertiary/aromatic N) is 2. The highest BCUT2D eigenvalue weighted by atomic mass is 35.5. The number of likely N-dealkylation sites (N-methyl/N-ethyl adjacent to an activating group) is 1. The molecule has 3 heterocycles. The summed E-state index contributed by atoms with van der Waals surface area (Å²) in [5, 5.41) is 24.9. The molecule has 37 heavy (non-hydrogen) atoms. The maximum Gasteiger partial charge on any atom is 0.136 e. The van der Waals surface area contributed by atoms with Crippen LogP contribution in [0.3, 0.4) is 0 Å². The first kappa shape index (κ1) is 24.8. The molecule has 198 valence electrons. The molecule has 5 aliphatic rings. The monoisotopic (exact) mass is 542 g/mol. The van der Waals surface area contributed by atoms with Gasteiger partial charge in [-0.2, -0.15) is 0 Å². The number of allylic oxidation sites excluding steroid dienone is 2. The van der Waals surface area contributed by atoms with Gasteiger partial charge in [0.15, 0.2) is 0 Å². The van der Waals surface area contributed by atoms with Gasteiger partial charge >= 0.3 is 0 Å². The molecule has 2 bridgehead atoms. The quantitative estimate of drug-likeness (QED) is 0.391. The third-order valence-electron chi connectivity index (χ3n) is 11.2. The lowest BCUT2D eigenvalue weighted by molar-refractivity contribution is -0.276. The van der Waals surface area contributed by atoms with Crippen molar-refractivity contribution in [3.63, 3.8) is 0 Å². The van der Waals surface area contributed by atoms with Gasteiger partial charge in [-0.05, 0) is 93.1 Å². The van der Waals surface area contributed by atoms with E-state index in [1.807, 2.05) is 25.1 Å². The Balaban J connectivity index is 1.27. The van der Waals surface area contributed by atoms with E-state index in [2.05, 4.69) is 36.2 Å². The van der Waals surface area contributed by atoms with E-state index in [9.17, 15) is 10.2 Å². The average Bonchev–Trinajstić information content (AvgIpc) is 3.40. The van der Waals surface area contributed by atoms with Gasteiger partial charge in [0, 0.05) is 29.5 Å². The minimum atomic E-state index is -0.825. The number of hydrogen-bond donors (Lipinski definition) is 2. The van der Waals surface area contributed by atoms with Crippen molar-refractivity contribution in [2.24, 2.45) is 17.3 Å². The highest BCUT2D eigenvalue weighted by Crippen LogP contribution is 2.73. The van der Waals surface area contributed by atoms with E-state index in [1.165, 1.54) is 11.1 Å². The van der Waals surface area contributed by atoms with Gasteiger partial charge in [0.2, 0.25) is 0 Å². The number of halogens is 2. The van der Waals surface area contributed by atoms with E-state index in [-0.39, 0.29) is 23.3 Å². The molecule has 2 saturated carbocycles. The SMILES string of the molecule is CN(C)C1CC23CCC4(O2)C2CC=C(c5ccc6ccnc(Cl)c6c5)C2(C)CCC4(Cl)CC3C(O)C1O. The Kier molecular flexibility index (Phi) is 5.31. The smallest absolute Gasteiger partial charge is 0.136 e. The van der Waals surface area contributed by atoms with Crippen LogP contribution in [0.25, 0.3) is 16.3 Å². The van der Waals surface area contributed by atoms with E-state index >= 15 is 0 Å². The standard InChI is InChI=1S/C30H36Cl2N2O3/c1-27-9-11-29(32)15-21-24(35)25(36)22(34(2)3)16-28(21)10-12-30(29,37-28)23(27)7-6-20(27)18-5-4-17-8-13-33-26(31)19(17)14-18/h4-6,8,13-14,21-25,35-36H,7,9-12,15-16H2,1-3H3. The Bertz CT molecular complexity index is 1320. The topological polar surface area (TPSA) is 65.8 Å². The molecule has 2 aliphatic heterocycles. The van der Waals surface area contributed by atoms with E-state index in [1.54, 1.807) is 6.20 Å². The number of rotatable bonds is 2. The van der Waals surface area contributed by atoms with E-state index in [4.69, 9.17) is 27.9 Å². The number of aliphatic hydroxyl groups is 2. The van der Waals surface area contributed by atoms with Crippen molar-refractivity contribution in [1.82, 2.24) is 9.88 Å². The van der Waals surface area contributed by atoms with Gasteiger partial charge in [-0.25, -0.2) is 4.98 Å². The van der Waals surface area contributed by atoms with Gasteiger partial charge in [0.05, 0.1) is 28.3 Å². The zero-order chi connectivity index (χ0) is 26.0. The van der Waals surface area contributed by atoms with Crippen molar-refractivity contribution in [3.05, 3.63) is 47.3 Å². The van der Waals surface area contributed by atoms with Crippen LogP contribution in [0, 0.1) is 17.3 Å². The van der Waals surface area contributed by atoms with Gasteiger partial charge in [-0.1, -0.05) is 36.7 Å². The number of benzene rings is 1. The first-order valence-electron chi connectivity index (χ1n) is 13.7. The fourth-order valence-electron chi connectivity index (χ4n) is 9.31. The van der Waals surface area contributed by atoms with E-state index in [0.717, 1.165) is 49.3 Å². The second-order valence-electron chi connectivity index (χ2n) is 12.9. The van der Waals surface area contributed by atoms with E-state index < -0.39 is 28.3 Å². The summed E-state index contributed by atoms with van der Waals surface area (Å²) in [5.74, 6) is 0.128. The summed E-state index contributed by atoms with van der Waals surface area (Å²) < 4.78 is 7.34. The lowest BCUT2D eigenvalue weighted by Gasteiger charge is -2.65. The zero-order valence-electron chi connectivity index (χ0n) is 21.8. The highest BCUT2D eigenvalue weighted by molar-refractivity contribution is 6.34. The molecule has 0 radical (unpaired) electrons. The molecule has 9 atom stereocenters. The summed E-state index contributed by atoms with van der Waals surface area (Å²) in [6, 6.07) is 8.42. The molecule has 0 amide bonds. The molecular weight excluding hydrogens is 507 g/mol. The van der Waals surface area contributed by atoms with Crippen LogP contribution in [-0.2, 0) is 4.74 Å². The third kappa shape index (κ3) is 3.10. The second kappa shape index (κ2) is 7.93. The van der Waals surface area contributed by atoms with Crippen molar-refractivity contribution in [2.45, 2.75) is 86.2 Å². The van der Waals surface area contributed by atoms with Crippen LogP contribution in [0.5, 0.6) is 0 Å². The second-order valence-corrected chi connectivity index (χ2v) is 14.0. The van der Waals surface area contributed by atoms with Crippen molar-refractivity contribution < 1.29 is 14.9 Å². The Labute approximate surface area is 228 Å². The normalized spacial score (nSPS) is 46.5. The van der Waals surface area contributed by atoms with Gasteiger partial charge in [0.1, 0.15) is 5.15 Å². The molecule has 5 nitrogen and oxygen atoms in total. The molecule has 1 aromatic carbocycles. The van der Waals surface area contributed by atoms with Crippen molar-refractivity contribution >= 4 is 39.5 Å². The number of hydrogen-bond acceptors (Lipinski definition) is 5. The summed E-state index contributed by atoms with van der Waals surface area (Å²) in [6.07, 6.45) is 8.52. The predicted octanol–water partition coefficient (Wildman–Crippen LogP) is 5.43. The highest BCUT2D eigenvalue weighted by Gasteiger charge is 2.76. The number of fused-ring (bicyclic) bond motifs is 2. The predicted molar refractivity (Wildman–Crippen MR) is 147 cm³/mol. The minimum Gasteiger partial charge on any atom is -0.390 e. The van der Waals surface area contributed by atoms with Gasteiger partial charge in [0.25, 0.3) is 0 Å². The molecule has 9 unspecified atom stereocenters. The molecular formula is C30H36Cl2N2O3. The molecule has 7 heteroatoms. The molecule has 7 rings (SSSR count). The van der Waals surface area contributed by atoms with Crippen molar-refractivity contribution in [2.75, 3.05) is 14.1 Å². The van der Waals surface area contributed by atoms with Gasteiger partial charge in [-0.3, -0.25) is 0 Å². The molecule has 2 aromatic rings. The lowest BCUT2D eigenvalue weighted by atomic mass is 9.52. The number of pyridine rings is 1. The van der Waals surface area contributed by atoms with E-state index in [0.29, 0.717) is 11.6 Å². The van der Waals surface area contributed by atoms with Crippen LogP contribution in [-0.4, -0.2) is 68.5 Å². The third-order valence-corrected chi connectivity index (χ3v) is 12.2. The summed E-state index contributed by atoms with van der Waals surface area (Å²) in [7, 11) is 3.96. The summed E-state index contributed by atoms with van der Waals surface area (Å²) in [6.45, 7) is 2.40. The summed E-state index contributed by atoms with van der Waals surface area (Å²) in [5.41, 5.74) is 1.63. The Hall–Kier alpha value is -1.21.